The van der Waals surface area contributed by atoms with Crippen molar-refractivity contribution in [3.05, 3.63) is 0 Å². The van der Waals surface area contributed by atoms with Crippen molar-refractivity contribution in [2.75, 3.05) is 0 Å². The Morgan fingerprint density at radius 1 is 1.10 bits per heavy atom. The molecule has 0 spiro atoms. The van der Waals surface area contributed by atoms with E-state index in [1.807, 2.05) is 0 Å². The van der Waals surface area contributed by atoms with Crippen LogP contribution in [-0.2, 0) is 4.74 Å². The molecular formula is C8H14O2. The van der Waals surface area contributed by atoms with Crippen molar-refractivity contribution in [2.45, 2.75) is 50.4 Å². The molecule has 0 amide bonds. The highest BCUT2D eigenvalue weighted by Crippen LogP contribution is 2.30. The number of aliphatic hydroxyl groups is 1. The summed E-state index contributed by atoms with van der Waals surface area (Å²) in [5.74, 6) is 0. The van der Waals surface area contributed by atoms with Crippen molar-refractivity contribution in [1.82, 2.24) is 0 Å². The van der Waals surface area contributed by atoms with Gasteiger partial charge in [0.1, 0.15) is 0 Å². The number of rotatable bonds is 0. The summed E-state index contributed by atoms with van der Waals surface area (Å²) in [6.07, 6.45) is 6.02. The SMILES string of the molecule is OC1CCC2CCCC1O2. The van der Waals surface area contributed by atoms with Gasteiger partial charge in [-0.15, -0.1) is 0 Å². The van der Waals surface area contributed by atoms with Gasteiger partial charge in [0.05, 0.1) is 18.3 Å². The van der Waals surface area contributed by atoms with Crippen LogP contribution in [0.1, 0.15) is 32.1 Å². The molecule has 0 aromatic heterocycles. The van der Waals surface area contributed by atoms with E-state index in [0.29, 0.717) is 6.10 Å². The molecule has 2 aliphatic heterocycles. The molecule has 2 rings (SSSR count). The fourth-order valence-electron chi connectivity index (χ4n) is 1.97. The highest BCUT2D eigenvalue weighted by Gasteiger charge is 2.32. The highest BCUT2D eigenvalue weighted by molar-refractivity contribution is 4.82. The van der Waals surface area contributed by atoms with E-state index >= 15 is 0 Å². The van der Waals surface area contributed by atoms with Crippen LogP contribution in [0.5, 0.6) is 0 Å². The smallest absolute Gasteiger partial charge is 0.0837 e. The standard InChI is InChI=1S/C8H14O2/c9-7-5-4-6-2-1-3-8(7)10-6/h6-9H,1-5H2. The lowest BCUT2D eigenvalue weighted by Crippen LogP contribution is -2.41. The lowest BCUT2D eigenvalue weighted by atomic mass is 9.90. The van der Waals surface area contributed by atoms with Gasteiger partial charge in [0.25, 0.3) is 0 Å². The summed E-state index contributed by atoms with van der Waals surface area (Å²) in [4.78, 5) is 0. The Morgan fingerprint density at radius 3 is 2.80 bits per heavy atom. The molecule has 1 N–H and O–H groups in total. The molecule has 2 aliphatic rings. The molecular weight excluding hydrogens is 128 g/mol. The van der Waals surface area contributed by atoms with E-state index in [1.165, 1.54) is 12.8 Å². The predicted octanol–water partition coefficient (Wildman–Crippen LogP) is 1.08. The lowest BCUT2D eigenvalue weighted by molar-refractivity contribution is -0.142. The van der Waals surface area contributed by atoms with Crippen LogP contribution >= 0.6 is 0 Å². The van der Waals surface area contributed by atoms with E-state index in [4.69, 9.17) is 4.74 Å². The molecule has 2 bridgehead atoms. The van der Waals surface area contributed by atoms with Gasteiger partial charge in [-0.2, -0.15) is 0 Å². The first-order valence-electron chi connectivity index (χ1n) is 4.20. The molecule has 3 unspecified atom stereocenters. The average molecular weight is 142 g/mol. The van der Waals surface area contributed by atoms with Crippen molar-refractivity contribution >= 4 is 0 Å². The van der Waals surface area contributed by atoms with Crippen molar-refractivity contribution < 1.29 is 9.84 Å². The van der Waals surface area contributed by atoms with E-state index in [0.717, 1.165) is 19.3 Å². The maximum atomic E-state index is 9.40. The van der Waals surface area contributed by atoms with Gasteiger partial charge >= 0.3 is 0 Å². The van der Waals surface area contributed by atoms with E-state index in [-0.39, 0.29) is 12.2 Å². The topological polar surface area (TPSA) is 29.5 Å². The average Bonchev–Trinajstić information content (AvgIpc) is 1.99. The van der Waals surface area contributed by atoms with E-state index in [1.54, 1.807) is 0 Å². The molecule has 3 atom stereocenters. The minimum Gasteiger partial charge on any atom is -0.390 e. The van der Waals surface area contributed by atoms with Crippen LogP contribution in [0.4, 0.5) is 0 Å². The van der Waals surface area contributed by atoms with Crippen LogP contribution in [0, 0.1) is 0 Å². The number of hydrogen-bond donors (Lipinski definition) is 1. The third-order valence-corrected chi connectivity index (χ3v) is 2.60. The largest absolute Gasteiger partial charge is 0.390 e. The molecule has 2 fully saturated rings. The van der Waals surface area contributed by atoms with Gasteiger partial charge in [0, 0.05) is 0 Å². The third kappa shape index (κ3) is 1.06. The summed E-state index contributed by atoms with van der Waals surface area (Å²) in [5, 5.41) is 9.40. The first-order chi connectivity index (χ1) is 4.86. The van der Waals surface area contributed by atoms with Gasteiger partial charge < -0.3 is 9.84 Å². The Balaban J connectivity index is 2.00. The Labute approximate surface area is 61.2 Å². The molecule has 58 valence electrons. The van der Waals surface area contributed by atoms with E-state index < -0.39 is 0 Å². The molecule has 2 heteroatoms. The van der Waals surface area contributed by atoms with Crippen molar-refractivity contribution in [3.8, 4) is 0 Å². The monoisotopic (exact) mass is 142 g/mol. The molecule has 10 heavy (non-hydrogen) atoms. The molecule has 0 radical (unpaired) electrons. The summed E-state index contributed by atoms with van der Waals surface area (Å²) >= 11 is 0. The van der Waals surface area contributed by atoms with Crippen LogP contribution < -0.4 is 0 Å². The number of hydrogen-bond acceptors (Lipinski definition) is 2. The lowest BCUT2D eigenvalue weighted by Gasteiger charge is -2.38. The molecule has 2 nitrogen and oxygen atoms in total. The number of ether oxygens (including phenoxy) is 1. The Morgan fingerprint density at radius 2 is 2.00 bits per heavy atom. The second kappa shape index (κ2) is 2.51. The maximum absolute atomic E-state index is 9.40. The Bertz CT molecular complexity index is 122. The fourth-order valence-corrected chi connectivity index (χ4v) is 1.97. The van der Waals surface area contributed by atoms with Gasteiger partial charge in [0.15, 0.2) is 0 Å². The van der Waals surface area contributed by atoms with Crippen LogP contribution in [0.3, 0.4) is 0 Å². The number of aliphatic hydroxyl groups excluding tert-OH is 1. The van der Waals surface area contributed by atoms with Gasteiger partial charge in [-0.1, -0.05) is 0 Å². The first kappa shape index (κ1) is 6.62. The van der Waals surface area contributed by atoms with E-state index in [2.05, 4.69) is 0 Å². The first-order valence-corrected chi connectivity index (χ1v) is 4.20. The summed E-state index contributed by atoms with van der Waals surface area (Å²) < 4.78 is 5.58. The second-order valence-corrected chi connectivity index (χ2v) is 3.37. The van der Waals surface area contributed by atoms with Crippen LogP contribution in [0.2, 0.25) is 0 Å². The molecule has 2 saturated heterocycles. The van der Waals surface area contributed by atoms with Gasteiger partial charge in [-0.3, -0.25) is 0 Å². The summed E-state index contributed by atoms with van der Waals surface area (Å²) in [6, 6.07) is 0. The molecule has 0 aromatic rings. The third-order valence-electron chi connectivity index (χ3n) is 2.60. The van der Waals surface area contributed by atoms with Gasteiger partial charge in [0.2, 0.25) is 0 Å². The van der Waals surface area contributed by atoms with Gasteiger partial charge in [-0.05, 0) is 32.1 Å². The van der Waals surface area contributed by atoms with Crippen molar-refractivity contribution in [2.24, 2.45) is 0 Å². The minimum absolute atomic E-state index is 0.170. The zero-order valence-corrected chi connectivity index (χ0v) is 6.12. The molecule has 0 aromatic carbocycles. The van der Waals surface area contributed by atoms with Crippen LogP contribution in [0.25, 0.3) is 0 Å². The Hall–Kier alpha value is -0.0800. The predicted molar refractivity (Wildman–Crippen MR) is 37.8 cm³/mol. The van der Waals surface area contributed by atoms with Crippen LogP contribution in [-0.4, -0.2) is 23.4 Å². The summed E-state index contributed by atoms with van der Waals surface area (Å²) in [7, 11) is 0. The van der Waals surface area contributed by atoms with E-state index in [9.17, 15) is 5.11 Å². The summed E-state index contributed by atoms with van der Waals surface area (Å²) in [6.45, 7) is 0. The Kier molecular flexibility index (Phi) is 1.66. The van der Waals surface area contributed by atoms with Crippen molar-refractivity contribution in [3.63, 3.8) is 0 Å². The zero-order chi connectivity index (χ0) is 6.97. The van der Waals surface area contributed by atoms with Crippen LogP contribution in [0.15, 0.2) is 0 Å². The summed E-state index contributed by atoms with van der Waals surface area (Å²) in [5.41, 5.74) is 0. The zero-order valence-electron chi connectivity index (χ0n) is 6.12. The number of fused-ring (bicyclic) bond motifs is 2. The highest BCUT2D eigenvalue weighted by atomic mass is 16.5. The minimum atomic E-state index is -0.170. The van der Waals surface area contributed by atoms with Gasteiger partial charge in [-0.25, -0.2) is 0 Å². The molecule has 0 saturated carbocycles. The fraction of sp³-hybridized carbons (Fsp3) is 1.00. The quantitative estimate of drug-likeness (QED) is 0.548. The molecule has 2 heterocycles. The molecule has 0 aliphatic carbocycles. The second-order valence-electron chi connectivity index (χ2n) is 3.37. The normalized spacial score (nSPS) is 47.1. The maximum Gasteiger partial charge on any atom is 0.0837 e. The van der Waals surface area contributed by atoms with Crippen molar-refractivity contribution in [1.29, 1.82) is 0 Å².